The molecule has 1 saturated heterocycles. The Labute approximate surface area is 183 Å². The second kappa shape index (κ2) is 11.8. The molecule has 1 heterocycles. The summed E-state index contributed by atoms with van der Waals surface area (Å²) in [5.74, 6) is -0.0456. The molecule has 1 atom stereocenters. The zero-order valence-corrected chi connectivity index (χ0v) is 18.7. The zero-order chi connectivity index (χ0) is 22.1. The third-order valence-corrected chi connectivity index (χ3v) is 5.36. The Kier molecular flexibility index (Phi) is 9.43. The number of carbonyl (C=O) groups is 3. The lowest BCUT2D eigenvalue weighted by Crippen LogP contribution is -2.47. The van der Waals surface area contributed by atoms with Crippen LogP contribution in [0.2, 0.25) is 5.02 Å². The maximum Gasteiger partial charge on any atom is 0.310 e. The highest BCUT2D eigenvalue weighted by Gasteiger charge is 2.30. The quantitative estimate of drug-likeness (QED) is 0.437. The van der Waals surface area contributed by atoms with Gasteiger partial charge in [-0.1, -0.05) is 11.6 Å². The Balaban J connectivity index is 1.72. The largest absolute Gasteiger partial charge is 0.493 e. The molecule has 1 aliphatic heterocycles. The van der Waals surface area contributed by atoms with Gasteiger partial charge in [-0.15, -0.1) is 0 Å². The molecule has 0 spiro atoms. The number of carbonyl (C=O) groups excluding carboxylic acids is 3. The van der Waals surface area contributed by atoms with Crippen molar-refractivity contribution in [1.29, 1.82) is 0 Å². The van der Waals surface area contributed by atoms with E-state index in [1.54, 1.807) is 24.9 Å². The third kappa shape index (κ3) is 7.20. The first-order chi connectivity index (χ1) is 14.3. The first-order valence-electron chi connectivity index (χ1n) is 10.4. The normalized spacial score (nSPS) is 16.1. The molecule has 1 aliphatic rings. The van der Waals surface area contributed by atoms with Crippen molar-refractivity contribution in [3.05, 3.63) is 28.8 Å². The highest BCUT2D eigenvalue weighted by atomic mass is 35.5. The van der Waals surface area contributed by atoms with Crippen molar-refractivity contribution in [1.82, 2.24) is 9.80 Å². The Morgan fingerprint density at radius 1 is 1.30 bits per heavy atom. The number of likely N-dealkylation sites (tertiary alicyclic amines) is 1. The van der Waals surface area contributed by atoms with Crippen molar-refractivity contribution in [2.75, 3.05) is 39.9 Å². The van der Waals surface area contributed by atoms with Crippen LogP contribution in [0, 0.1) is 12.8 Å². The van der Waals surface area contributed by atoms with E-state index >= 15 is 0 Å². The Bertz CT molecular complexity index is 755. The van der Waals surface area contributed by atoms with E-state index in [0.717, 1.165) is 24.2 Å². The second-order valence-corrected chi connectivity index (χ2v) is 7.98. The van der Waals surface area contributed by atoms with Gasteiger partial charge < -0.3 is 19.3 Å². The lowest BCUT2D eigenvalue weighted by Gasteiger charge is -2.32. The minimum Gasteiger partial charge on any atom is -0.493 e. The third-order valence-electron chi connectivity index (χ3n) is 5.12. The van der Waals surface area contributed by atoms with Gasteiger partial charge in [-0.3, -0.25) is 14.4 Å². The standard InChI is InChI=1S/C22H31ClN2O5/c1-4-29-22(28)17-7-5-11-25(14-17)21(27)15-24(3)20(26)8-6-12-30-19-10-9-18(23)13-16(19)2/h9-10,13,17H,4-8,11-12,14-15H2,1-3H3. The van der Waals surface area contributed by atoms with Crippen LogP contribution in [-0.2, 0) is 19.1 Å². The minimum atomic E-state index is -0.280. The number of ether oxygens (including phenoxy) is 2. The van der Waals surface area contributed by atoms with E-state index in [4.69, 9.17) is 21.1 Å². The van der Waals surface area contributed by atoms with Crippen LogP contribution in [0.5, 0.6) is 5.75 Å². The van der Waals surface area contributed by atoms with E-state index < -0.39 is 0 Å². The summed E-state index contributed by atoms with van der Waals surface area (Å²) >= 11 is 5.93. The number of piperidine rings is 1. The first kappa shape index (κ1) is 24.0. The lowest BCUT2D eigenvalue weighted by atomic mass is 9.98. The number of nitrogens with zero attached hydrogens (tertiary/aromatic N) is 2. The fourth-order valence-corrected chi connectivity index (χ4v) is 3.65. The predicted octanol–water partition coefficient (Wildman–Crippen LogP) is 3.07. The number of aryl methyl sites for hydroxylation is 1. The van der Waals surface area contributed by atoms with Crippen LogP contribution in [0.15, 0.2) is 18.2 Å². The topological polar surface area (TPSA) is 76.2 Å². The molecule has 0 radical (unpaired) electrons. The monoisotopic (exact) mass is 438 g/mol. The summed E-state index contributed by atoms with van der Waals surface area (Å²) in [5, 5.41) is 0.656. The fraction of sp³-hybridized carbons (Fsp3) is 0.591. The molecular weight excluding hydrogens is 408 g/mol. The number of rotatable bonds is 9. The van der Waals surface area contributed by atoms with Gasteiger partial charge in [-0.2, -0.15) is 0 Å². The fourth-order valence-electron chi connectivity index (χ4n) is 3.42. The summed E-state index contributed by atoms with van der Waals surface area (Å²) in [5.41, 5.74) is 0.944. The molecule has 1 aromatic rings. The molecule has 1 unspecified atom stereocenters. The summed E-state index contributed by atoms with van der Waals surface area (Å²) in [6, 6.07) is 5.41. The molecule has 0 aliphatic carbocycles. The van der Waals surface area contributed by atoms with E-state index in [1.807, 2.05) is 19.1 Å². The van der Waals surface area contributed by atoms with Crippen molar-refractivity contribution in [2.24, 2.45) is 5.92 Å². The SMILES string of the molecule is CCOC(=O)C1CCCN(C(=O)CN(C)C(=O)CCCOc2ccc(Cl)cc2C)C1. The molecule has 166 valence electrons. The molecule has 0 bridgehead atoms. The van der Waals surface area contributed by atoms with Gasteiger partial charge in [-0.05, 0) is 56.9 Å². The van der Waals surface area contributed by atoms with Gasteiger partial charge in [-0.25, -0.2) is 0 Å². The molecule has 1 aromatic carbocycles. The number of hydrogen-bond donors (Lipinski definition) is 0. The Morgan fingerprint density at radius 2 is 2.07 bits per heavy atom. The summed E-state index contributed by atoms with van der Waals surface area (Å²) < 4.78 is 10.8. The highest BCUT2D eigenvalue weighted by Crippen LogP contribution is 2.22. The van der Waals surface area contributed by atoms with Crippen LogP contribution >= 0.6 is 11.6 Å². The highest BCUT2D eigenvalue weighted by molar-refractivity contribution is 6.30. The van der Waals surface area contributed by atoms with Gasteiger partial charge in [0.2, 0.25) is 11.8 Å². The van der Waals surface area contributed by atoms with Gasteiger partial charge in [0.15, 0.2) is 0 Å². The molecule has 30 heavy (non-hydrogen) atoms. The molecule has 2 rings (SSSR count). The molecule has 0 saturated carbocycles. The van der Waals surface area contributed by atoms with E-state index in [-0.39, 0.29) is 30.2 Å². The van der Waals surface area contributed by atoms with Crippen LogP contribution in [0.1, 0.15) is 38.2 Å². The number of amides is 2. The van der Waals surface area contributed by atoms with Gasteiger partial charge in [0.1, 0.15) is 5.75 Å². The van der Waals surface area contributed by atoms with Gasteiger partial charge in [0.25, 0.3) is 0 Å². The van der Waals surface area contributed by atoms with Crippen molar-refractivity contribution in [3.8, 4) is 5.75 Å². The Morgan fingerprint density at radius 3 is 2.77 bits per heavy atom. The van der Waals surface area contributed by atoms with E-state index in [9.17, 15) is 14.4 Å². The second-order valence-electron chi connectivity index (χ2n) is 7.54. The number of esters is 1. The van der Waals surface area contributed by atoms with E-state index in [0.29, 0.717) is 44.2 Å². The lowest BCUT2D eigenvalue weighted by molar-refractivity contribution is -0.152. The van der Waals surface area contributed by atoms with Crippen LogP contribution in [0.25, 0.3) is 0 Å². The van der Waals surface area contributed by atoms with Crippen LogP contribution in [0.4, 0.5) is 0 Å². The molecule has 2 amide bonds. The molecule has 0 N–H and O–H groups in total. The van der Waals surface area contributed by atoms with Crippen LogP contribution in [0.3, 0.4) is 0 Å². The molecule has 8 heteroatoms. The van der Waals surface area contributed by atoms with Gasteiger partial charge in [0.05, 0.1) is 25.7 Å². The first-order valence-corrected chi connectivity index (χ1v) is 10.8. The molecule has 1 fully saturated rings. The summed E-state index contributed by atoms with van der Waals surface area (Å²) in [6.45, 7) is 5.39. The van der Waals surface area contributed by atoms with Crippen molar-refractivity contribution >= 4 is 29.4 Å². The van der Waals surface area contributed by atoms with Crippen molar-refractivity contribution in [2.45, 2.75) is 39.5 Å². The Hall–Kier alpha value is -2.28. The minimum absolute atomic E-state index is 0.00548. The zero-order valence-electron chi connectivity index (χ0n) is 18.0. The number of likely N-dealkylation sites (N-methyl/N-ethyl adjacent to an activating group) is 1. The molecule has 0 aromatic heterocycles. The predicted molar refractivity (Wildman–Crippen MR) is 114 cm³/mol. The summed E-state index contributed by atoms with van der Waals surface area (Å²) in [6.07, 6.45) is 2.33. The maximum absolute atomic E-state index is 12.6. The smallest absolute Gasteiger partial charge is 0.310 e. The van der Waals surface area contributed by atoms with Crippen LogP contribution in [-0.4, -0.2) is 67.5 Å². The van der Waals surface area contributed by atoms with Gasteiger partial charge in [0, 0.05) is 31.6 Å². The number of halogens is 1. The summed E-state index contributed by atoms with van der Waals surface area (Å²) in [4.78, 5) is 39.9. The van der Waals surface area contributed by atoms with Crippen molar-refractivity contribution < 1.29 is 23.9 Å². The number of benzene rings is 1. The van der Waals surface area contributed by atoms with Crippen LogP contribution < -0.4 is 4.74 Å². The average Bonchev–Trinajstić information content (AvgIpc) is 2.72. The number of hydrogen-bond acceptors (Lipinski definition) is 5. The summed E-state index contributed by atoms with van der Waals surface area (Å²) in [7, 11) is 1.62. The van der Waals surface area contributed by atoms with E-state index in [2.05, 4.69) is 0 Å². The maximum atomic E-state index is 12.6. The van der Waals surface area contributed by atoms with Crippen molar-refractivity contribution in [3.63, 3.8) is 0 Å². The molecule has 7 nitrogen and oxygen atoms in total. The molecular formula is C22H31ClN2O5. The average molecular weight is 439 g/mol. The van der Waals surface area contributed by atoms with Gasteiger partial charge >= 0.3 is 5.97 Å². The van der Waals surface area contributed by atoms with E-state index in [1.165, 1.54) is 4.90 Å².